The van der Waals surface area contributed by atoms with Gasteiger partial charge in [-0.15, -0.1) is 13.2 Å². The molecule has 7 nitrogen and oxygen atoms in total. The van der Waals surface area contributed by atoms with Crippen molar-refractivity contribution in [3.05, 3.63) is 59.2 Å². The van der Waals surface area contributed by atoms with E-state index in [1.165, 1.54) is 6.92 Å². The minimum atomic E-state index is -5.19. The van der Waals surface area contributed by atoms with Gasteiger partial charge in [0.1, 0.15) is 11.3 Å². The van der Waals surface area contributed by atoms with E-state index in [9.17, 15) is 40.3 Å². The molecule has 3 amide bonds. The molecule has 34 heavy (non-hydrogen) atoms. The van der Waals surface area contributed by atoms with Gasteiger partial charge in [-0.3, -0.25) is 4.79 Å². The lowest BCUT2D eigenvalue weighted by Gasteiger charge is -2.47. The van der Waals surface area contributed by atoms with E-state index in [0.29, 0.717) is 6.07 Å². The van der Waals surface area contributed by atoms with E-state index in [-0.39, 0.29) is 18.7 Å². The number of piperazine rings is 1. The number of amides is 3. The highest BCUT2D eigenvalue weighted by atomic mass is 19.4. The number of carbonyl (C=O) groups is 2. The Balaban J connectivity index is 2.23. The topological polar surface area (TPSA) is 97.6 Å². The molecule has 0 aliphatic carbocycles. The van der Waals surface area contributed by atoms with Crippen LogP contribution in [0.15, 0.2) is 36.4 Å². The van der Waals surface area contributed by atoms with E-state index < -0.39 is 58.9 Å². The van der Waals surface area contributed by atoms with Crippen LogP contribution < -0.4 is 15.8 Å². The summed E-state index contributed by atoms with van der Waals surface area (Å²) < 4.78 is 95.2. The second-order valence-electron chi connectivity index (χ2n) is 7.51. The average Bonchev–Trinajstić information content (AvgIpc) is 2.70. The van der Waals surface area contributed by atoms with Crippen molar-refractivity contribution in [1.29, 1.82) is 0 Å². The number of alkyl halides is 6. The smallest absolute Gasteiger partial charge is 0.406 e. The average molecular weight is 494 g/mol. The third-order valence-electron chi connectivity index (χ3n) is 5.35. The summed E-state index contributed by atoms with van der Waals surface area (Å²) in [6, 6.07) is 4.20. The summed E-state index contributed by atoms with van der Waals surface area (Å²) in [4.78, 5) is 29.4. The molecule has 1 aliphatic rings. The fourth-order valence-electron chi connectivity index (χ4n) is 3.90. The van der Waals surface area contributed by atoms with Gasteiger partial charge >= 0.3 is 18.6 Å². The molecule has 2 atom stereocenters. The highest BCUT2D eigenvalue weighted by Crippen LogP contribution is 2.41. The second kappa shape index (κ2) is 8.65. The van der Waals surface area contributed by atoms with Crippen molar-refractivity contribution in [1.82, 2.24) is 15.2 Å². The molecule has 3 N–H and O–H groups in total. The van der Waals surface area contributed by atoms with E-state index in [2.05, 4.69) is 15.0 Å². The Morgan fingerprint density at radius 1 is 1.15 bits per heavy atom. The number of halogens is 7. The Bertz CT molecular complexity index is 1090. The lowest BCUT2D eigenvalue weighted by atomic mass is 9.75. The van der Waals surface area contributed by atoms with Gasteiger partial charge in [0, 0.05) is 13.1 Å². The molecule has 1 fully saturated rings. The molecule has 0 saturated carbocycles. The van der Waals surface area contributed by atoms with Crippen LogP contribution in [0.3, 0.4) is 0 Å². The van der Waals surface area contributed by atoms with Crippen molar-refractivity contribution in [3.8, 4) is 5.75 Å². The lowest BCUT2D eigenvalue weighted by molar-refractivity contribution is -0.274. The molecule has 0 spiro atoms. The zero-order valence-electron chi connectivity index (χ0n) is 17.3. The van der Waals surface area contributed by atoms with Crippen LogP contribution in [0.2, 0.25) is 0 Å². The van der Waals surface area contributed by atoms with Gasteiger partial charge in [-0.05, 0) is 36.8 Å². The van der Waals surface area contributed by atoms with Crippen LogP contribution in [0.1, 0.15) is 29.8 Å². The third kappa shape index (κ3) is 4.84. The zero-order valence-corrected chi connectivity index (χ0v) is 17.3. The van der Waals surface area contributed by atoms with Crippen LogP contribution >= 0.6 is 0 Å². The number of ether oxygens (including phenoxy) is 1. The molecule has 184 valence electrons. The maximum Gasteiger partial charge on any atom is 0.573 e. The Labute approximate surface area is 187 Å². The van der Waals surface area contributed by atoms with E-state index in [4.69, 9.17) is 5.73 Å². The van der Waals surface area contributed by atoms with E-state index in [1.54, 1.807) is 0 Å². The number of nitrogens with two attached hydrogens (primary N) is 1. The number of rotatable bonds is 4. The van der Waals surface area contributed by atoms with Crippen LogP contribution in [0.4, 0.5) is 35.5 Å². The quantitative estimate of drug-likeness (QED) is 0.636. The number of nitrogens with zero attached hydrogens (tertiary/aromatic N) is 2. The summed E-state index contributed by atoms with van der Waals surface area (Å²) in [6.45, 7) is 1.10. The van der Waals surface area contributed by atoms with Gasteiger partial charge in [-0.2, -0.15) is 13.2 Å². The van der Waals surface area contributed by atoms with Crippen LogP contribution in [0.5, 0.6) is 5.75 Å². The minimum Gasteiger partial charge on any atom is -0.406 e. The molecule has 1 aromatic heterocycles. The maximum absolute atomic E-state index is 13.9. The molecule has 1 aromatic carbocycles. The molecular formula is C20H17F7N4O3. The molecule has 1 unspecified atom stereocenters. The predicted molar refractivity (Wildman–Crippen MR) is 102 cm³/mol. The van der Waals surface area contributed by atoms with Gasteiger partial charge in [0.05, 0.1) is 11.6 Å². The van der Waals surface area contributed by atoms with Gasteiger partial charge in [-0.1, -0.05) is 12.1 Å². The van der Waals surface area contributed by atoms with Crippen LogP contribution in [0, 0.1) is 5.82 Å². The van der Waals surface area contributed by atoms with Crippen molar-refractivity contribution in [2.45, 2.75) is 30.9 Å². The first-order valence-corrected chi connectivity index (χ1v) is 9.59. The number of hydrogen-bond acceptors (Lipinski definition) is 4. The molecule has 0 bridgehead atoms. The van der Waals surface area contributed by atoms with E-state index >= 15 is 0 Å². The number of nitrogens with one attached hydrogen (secondary N) is 1. The molecule has 1 saturated heterocycles. The van der Waals surface area contributed by atoms with Crippen LogP contribution in [0.25, 0.3) is 0 Å². The lowest BCUT2D eigenvalue weighted by Crippen LogP contribution is -2.68. The monoisotopic (exact) mass is 494 g/mol. The number of benzene rings is 1. The van der Waals surface area contributed by atoms with Crippen molar-refractivity contribution in [3.63, 3.8) is 0 Å². The van der Waals surface area contributed by atoms with Crippen molar-refractivity contribution >= 4 is 11.9 Å². The maximum atomic E-state index is 13.9. The predicted octanol–water partition coefficient (Wildman–Crippen LogP) is 3.54. The summed E-state index contributed by atoms with van der Waals surface area (Å²) in [5, 5.41) is 2.49. The first-order chi connectivity index (χ1) is 15.6. The highest BCUT2D eigenvalue weighted by molar-refractivity contribution is 5.93. The number of pyridine rings is 1. The van der Waals surface area contributed by atoms with Crippen LogP contribution in [-0.2, 0) is 11.0 Å². The SMILES string of the molecule is CC1([C@@H](c2ccc(OC(F)(F)F)cc2)c2ccc(F)c(C(F)(F)F)n2)C(=O)NCCN1C(N)=O. The zero-order chi connectivity index (χ0) is 25.5. The number of carbonyl (C=O) groups excluding carboxylic acids is 2. The first kappa shape index (κ1) is 25.1. The largest absolute Gasteiger partial charge is 0.573 e. The summed E-state index contributed by atoms with van der Waals surface area (Å²) in [5.41, 5.74) is 1.11. The Morgan fingerprint density at radius 3 is 2.29 bits per heavy atom. The number of primary amides is 1. The Hall–Kier alpha value is -3.58. The Morgan fingerprint density at radius 2 is 1.76 bits per heavy atom. The highest BCUT2D eigenvalue weighted by Gasteiger charge is 2.52. The molecular weight excluding hydrogens is 477 g/mol. The summed E-state index contributed by atoms with van der Waals surface area (Å²) >= 11 is 0. The normalized spacial score (nSPS) is 20.0. The summed E-state index contributed by atoms with van der Waals surface area (Å²) in [7, 11) is 0. The number of urea groups is 1. The van der Waals surface area contributed by atoms with Crippen molar-refractivity contribution in [2.24, 2.45) is 5.73 Å². The van der Waals surface area contributed by atoms with Gasteiger partial charge in [-0.25, -0.2) is 14.2 Å². The molecule has 0 radical (unpaired) electrons. The Kier molecular flexibility index (Phi) is 6.37. The molecule has 2 heterocycles. The van der Waals surface area contributed by atoms with Gasteiger partial charge in [0.15, 0.2) is 11.5 Å². The summed E-state index contributed by atoms with van der Waals surface area (Å²) in [6.07, 6.45) is -10.2. The summed E-state index contributed by atoms with van der Waals surface area (Å²) in [5.74, 6) is -4.60. The molecule has 1 aliphatic heterocycles. The van der Waals surface area contributed by atoms with Gasteiger partial charge < -0.3 is 20.7 Å². The van der Waals surface area contributed by atoms with Crippen molar-refractivity contribution in [2.75, 3.05) is 13.1 Å². The van der Waals surface area contributed by atoms with Gasteiger partial charge in [0.25, 0.3) is 0 Å². The fraction of sp³-hybridized carbons (Fsp3) is 0.350. The van der Waals surface area contributed by atoms with Crippen molar-refractivity contribution < 1.29 is 45.1 Å². The molecule has 14 heteroatoms. The fourth-order valence-corrected chi connectivity index (χ4v) is 3.90. The number of hydrogen-bond donors (Lipinski definition) is 2. The molecule has 3 rings (SSSR count). The second-order valence-corrected chi connectivity index (χ2v) is 7.51. The van der Waals surface area contributed by atoms with Crippen LogP contribution in [-0.4, -0.2) is 46.8 Å². The third-order valence-corrected chi connectivity index (χ3v) is 5.35. The minimum absolute atomic E-state index is 0.00685. The standard InChI is InChI=1S/C20H17F7N4O3/c1-18(16(32)29-8-9-31(18)17(28)33)14(10-2-4-11(5-3-10)34-20(25,26)27)13-7-6-12(21)15(30-13)19(22,23)24/h2-7,14H,8-9H2,1H3,(H2,28,33)(H,29,32)/t14-,18?/m0/s1. The van der Waals surface area contributed by atoms with E-state index in [0.717, 1.165) is 35.2 Å². The van der Waals surface area contributed by atoms with E-state index in [1.807, 2.05) is 0 Å². The first-order valence-electron chi connectivity index (χ1n) is 9.59. The van der Waals surface area contributed by atoms with Gasteiger partial charge in [0.2, 0.25) is 5.91 Å². The molecule has 2 aromatic rings. The number of aromatic nitrogens is 1.